The first-order valence-corrected chi connectivity index (χ1v) is 9.02. The Balaban J connectivity index is 2.12. The lowest BCUT2D eigenvalue weighted by atomic mass is 9.93. The monoisotopic (exact) mass is 328 g/mol. The van der Waals surface area contributed by atoms with Gasteiger partial charge in [0.2, 0.25) is 0 Å². The maximum atomic E-state index is 11.8. The second kappa shape index (κ2) is 9.48. The molecule has 1 aliphatic carbocycles. The maximum Gasteiger partial charge on any atom is 0.407 e. The van der Waals surface area contributed by atoms with Crippen molar-refractivity contribution >= 4 is 6.09 Å². The maximum absolute atomic E-state index is 11.8. The molecular weight excluding hydrogens is 292 g/mol. The highest BCUT2D eigenvalue weighted by atomic mass is 16.6. The number of amides is 1. The third kappa shape index (κ3) is 9.16. The molecule has 0 heterocycles. The standard InChI is InChI=1S/C18H36N2O3/c1-13(2)14(3)19-11-12-22-16-9-7-15(8-10-16)20-17(21)23-18(4,5)6/h13-16,19H,7-12H2,1-6H3,(H,20,21). The number of hydrogen-bond acceptors (Lipinski definition) is 4. The van der Waals surface area contributed by atoms with Crippen LogP contribution in [0.25, 0.3) is 0 Å². The van der Waals surface area contributed by atoms with Gasteiger partial charge in [0, 0.05) is 18.6 Å². The van der Waals surface area contributed by atoms with Crippen molar-refractivity contribution in [1.82, 2.24) is 10.6 Å². The molecule has 1 aliphatic rings. The van der Waals surface area contributed by atoms with Crippen LogP contribution in [0, 0.1) is 5.92 Å². The zero-order chi connectivity index (χ0) is 17.5. The van der Waals surface area contributed by atoms with E-state index in [-0.39, 0.29) is 12.1 Å². The largest absolute Gasteiger partial charge is 0.444 e. The fourth-order valence-electron chi connectivity index (χ4n) is 2.60. The summed E-state index contributed by atoms with van der Waals surface area (Å²) >= 11 is 0. The normalized spacial score (nSPS) is 23.6. The third-order valence-corrected chi connectivity index (χ3v) is 4.32. The lowest BCUT2D eigenvalue weighted by Gasteiger charge is -2.30. The molecule has 0 saturated heterocycles. The van der Waals surface area contributed by atoms with Crippen molar-refractivity contribution in [3.05, 3.63) is 0 Å². The van der Waals surface area contributed by atoms with E-state index in [9.17, 15) is 4.79 Å². The van der Waals surface area contributed by atoms with Gasteiger partial charge in [-0.1, -0.05) is 13.8 Å². The highest BCUT2D eigenvalue weighted by Gasteiger charge is 2.25. The molecular formula is C18H36N2O3. The van der Waals surface area contributed by atoms with Crippen molar-refractivity contribution in [3.63, 3.8) is 0 Å². The summed E-state index contributed by atoms with van der Waals surface area (Å²) in [4.78, 5) is 11.8. The number of carbonyl (C=O) groups is 1. The molecule has 5 nitrogen and oxygen atoms in total. The quantitative estimate of drug-likeness (QED) is 0.703. The van der Waals surface area contributed by atoms with Crippen molar-refractivity contribution < 1.29 is 14.3 Å². The van der Waals surface area contributed by atoms with Crippen molar-refractivity contribution in [2.75, 3.05) is 13.2 Å². The molecule has 1 amide bonds. The Bertz CT molecular complexity index is 345. The summed E-state index contributed by atoms with van der Waals surface area (Å²) in [5.74, 6) is 0.643. The topological polar surface area (TPSA) is 59.6 Å². The number of carbonyl (C=O) groups excluding carboxylic acids is 1. The molecule has 0 aromatic rings. The average Bonchev–Trinajstić information content (AvgIpc) is 2.42. The molecule has 0 bridgehead atoms. The van der Waals surface area contributed by atoms with Gasteiger partial charge in [-0.25, -0.2) is 4.79 Å². The van der Waals surface area contributed by atoms with Crippen LogP contribution >= 0.6 is 0 Å². The van der Waals surface area contributed by atoms with Gasteiger partial charge >= 0.3 is 6.09 Å². The van der Waals surface area contributed by atoms with Crippen LogP contribution in [-0.4, -0.2) is 43.0 Å². The van der Waals surface area contributed by atoms with Gasteiger partial charge < -0.3 is 20.1 Å². The minimum Gasteiger partial charge on any atom is -0.444 e. The van der Waals surface area contributed by atoms with Crippen LogP contribution in [0.2, 0.25) is 0 Å². The molecule has 1 atom stereocenters. The Morgan fingerprint density at radius 3 is 2.26 bits per heavy atom. The van der Waals surface area contributed by atoms with Gasteiger partial charge in [-0.05, 0) is 59.3 Å². The Morgan fingerprint density at radius 1 is 1.13 bits per heavy atom. The summed E-state index contributed by atoms with van der Waals surface area (Å²) in [7, 11) is 0. The smallest absolute Gasteiger partial charge is 0.407 e. The molecule has 136 valence electrons. The van der Waals surface area contributed by atoms with Gasteiger partial charge in [0.05, 0.1) is 12.7 Å². The van der Waals surface area contributed by atoms with Gasteiger partial charge in [0.15, 0.2) is 0 Å². The zero-order valence-electron chi connectivity index (χ0n) is 15.8. The van der Waals surface area contributed by atoms with Gasteiger partial charge in [0.1, 0.15) is 5.60 Å². The predicted molar refractivity (Wildman–Crippen MR) is 93.7 cm³/mol. The van der Waals surface area contributed by atoms with Crippen molar-refractivity contribution in [3.8, 4) is 0 Å². The van der Waals surface area contributed by atoms with E-state index < -0.39 is 5.60 Å². The number of alkyl carbamates (subject to hydrolysis) is 1. The minimum absolute atomic E-state index is 0.212. The number of hydrogen-bond donors (Lipinski definition) is 2. The summed E-state index contributed by atoms with van der Waals surface area (Å²) in [6, 6.07) is 0.733. The number of nitrogens with one attached hydrogen (secondary N) is 2. The van der Waals surface area contributed by atoms with E-state index in [1.807, 2.05) is 20.8 Å². The molecule has 1 saturated carbocycles. The molecule has 2 N–H and O–H groups in total. The van der Waals surface area contributed by atoms with E-state index in [0.29, 0.717) is 18.1 Å². The lowest BCUT2D eigenvalue weighted by Crippen LogP contribution is -2.42. The molecule has 0 aromatic heterocycles. The van der Waals surface area contributed by atoms with Gasteiger partial charge in [-0.2, -0.15) is 0 Å². The van der Waals surface area contributed by atoms with Crippen LogP contribution in [-0.2, 0) is 9.47 Å². The average molecular weight is 328 g/mol. The van der Waals surface area contributed by atoms with Crippen LogP contribution in [0.15, 0.2) is 0 Å². The summed E-state index contributed by atoms with van der Waals surface area (Å²) in [6.07, 6.45) is 3.93. The van der Waals surface area contributed by atoms with E-state index >= 15 is 0 Å². The van der Waals surface area contributed by atoms with Crippen LogP contribution in [0.5, 0.6) is 0 Å². The van der Waals surface area contributed by atoms with Crippen LogP contribution < -0.4 is 10.6 Å². The summed E-state index contributed by atoms with van der Waals surface area (Å²) in [6.45, 7) is 13.9. The zero-order valence-corrected chi connectivity index (χ0v) is 15.8. The van der Waals surface area contributed by atoms with Crippen LogP contribution in [0.4, 0.5) is 4.79 Å². The van der Waals surface area contributed by atoms with Gasteiger partial charge in [-0.15, -0.1) is 0 Å². The van der Waals surface area contributed by atoms with E-state index in [4.69, 9.17) is 9.47 Å². The molecule has 0 aliphatic heterocycles. The van der Waals surface area contributed by atoms with Crippen LogP contribution in [0.1, 0.15) is 67.2 Å². The molecule has 0 aromatic carbocycles. The highest BCUT2D eigenvalue weighted by Crippen LogP contribution is 2.21. The Labute approximate surface area is 141 Å². The first kappa shape index (κ1) is 20.2. The van der Waals surface area contributed by atoms with Crippen molar-refractivity contribution in [2.24, 2.45) is 5.92 Å². The van der Waals surface area contributed by atoms with Gasteiger partial charge in [-0.3, -0.25) is 0 Å². The van der Waals surface area contributed by atoms with Crippen LogP contribution in [0.3, 0.4) is 0 Å². The first-order chi connectivity index (χ1) is 10.7. The summed E-state index contributed by atoms with van der Waals surface area (Å²) < 4.78 is 11.2. The Kier molecular flexibility index (Phi) is 8.34. The summed E-state index contributed by atoms with van der Waals surface area (Å²) in [5.41, 5.74) is -0.440. The van der Waals surface area contributed by atoms with E-state index in [0.717, 1.165) is 38.8 Å². The number of rotatable bonds is 7. The second-order valence-electron chi connectivity index (χ2n) is 7.98. The Hall–Kier alpha value is -0.810. The molecule has 1 unspecified atom stereocenters. The number of ether oxygens (including phenoxy) is 2. The molecule has 23 heavy (non-hydrogen) atoms. The first-order valence-electron chi connectivity index (χ1n) is 9.02. The van der Waals surface area contributed by atoms with E-state index in [1.54, 1.807) is 0 Å². The second-order valence-corrected chi connectivity index (χ2v) is 7.98. The molecule has 5 heteroatoms. The predicted octanol–water partition coefficient (Wildman–Crippen LogP) is 3.47. The third-order valence-electron chi connectivity index (χ3n) is 4.32. The fourth-order valence-corrected chi connectivity index (χ4v) is 2.60. The highest BCUT2D eigenvalue weighted by molar-refractivity contribution is 5.68. The van der Waals surface area contributed by atoms with Crippen molar-refractivity contribution in [2.45, 2.75) is 91.0 Å². The molecule has 0 spiro atoms. The SMILES string of the molecule is CC(C)C(C)NCCOC1CCC(NC(=O)OC(C)(C)C)CC1. The van der Waals surface area contributed by atoms with Crippen molar-refractivity contribution in [1.29, 1.82) is 0 Å². The minimum atomic E-state index is -0.440. The van der Waals surface area contributed by atoms with E-state index in [2.05, 4.69) is 31.4 Å². The fraction of sp³-hybridized carbons (Fsp3) is 0.944. The molecule has 0 radical (unpaired) electrons. The van der Waals surface area contributed by atoms with E-state index in [1.165, 1.54) is 0 Å². The lowest BCUT2D eigenvalue weighted by molar-refractivity contribution is 0.0185. The summed E-state index contributed by atoms with van der Waals surface area (Å²) in [5, 5.41) is 6.44. The molecule has 1 rings (SSSR count). The molecule has 1 fully saturated rings. The Morgan fingerprint density at radius 2 is 1.74 bits per heavy atom. The van der Waals surface area contributed by atoms with Gasteiger partial charge in [0.25, 0.3) is 0 Å².